The smallest absolute Gasteiger partial charge is 0.246 e. The Morgan fingerprint density at radius 2 is 1.04 bits per heavy atom. The summed E-state index contributed by atoms with van der Waals surface area (Å²) in [6, 6.07) is 0. The molecule has 0 aromatic rings. The lowest BCUT2D eigenvalue weighted by atomic mass is 9.91. The van der Waals surface area contributed by atoms with E-state index in [1.165, 1.54) is 77.0 Å². The summed E-state index contributed by atoms with van der Waals surface area (Å²) in [6.07, 6.45) is 19.7. The number of rotatable bonds is 19. The number of nitrogens with one attached hydrogen (secondary N) is 2. The number of amides is 2. The Labute approximate surface area is 172 Å². The van der Waals surface area contributed by atoms with Crippen molar-refractivity contribution in [2.75, 3.05) is 0 Å². The zero-order valence-electron chi connectivity index (χ0n) is 18.4. The maximum absolute atomic E-state index is 11.6. The minimum atomic E-state index is -0.793. The van der Waals surface area contributed by atoms with E-state index in [9.17, 15) is 9.59 Å². The quantitative estimate of drug-likeness (QED) is 0.0845. The SMILES string of the molecule is CCCCCCCCCCCC(CC)CCCCCC(C(=O)NN)C(=O)NN. The predicted octanol–water partition coefficient (Wildman–Crippen LogP) is 4.48. The highest BCUT2D eigenvalue weighted by Crippen LogP contribution is 2.22. The minimum Gasteiger partial charge on any atom is -0.294 e. The number of hydrogen-bond donors (Lipinski definition) is 4. The number of carbonyl (C=O) groups excluding carboxylic acids is 2. The third-order valence-electron chi connectivity index (χ3n) is 5.82. The molecule has 0 aromatic heterocycles. The van der Waals surface area contributed by atoms with Gasteiger partial charge in [0.2, 0.25) is 11.8 Å². The van der Waals surface area contributed by atoms with E-state index in [4.69, 9.17) is 11.7 Å². The van der Waals surface area contributed by atoms with Crippen molar-refractivity contribution in [3.8, 4) is 0 Å². The summed E-state index contributed by atoms with van der Waals surface area (Å²) in [5.74, 6) is 9.34. The van der Waals surface area contributed by atoms with Crippen LogP contribution in [0.5, 0.6) is 0 Å². The van der Waals surface area contributed by atoms with Crippen LogP contribution in [0.2, 0.25) is 0 Å². The van der Waals surface area contributed by atoms with Crippen LogP contribution in [0.3, 0.4) is 0 Å². The monoisotopic (exact) mass is 398 g/mol. The van der Waals surface area contributed by atoms with E-state index in [2.05, 4.69) is 13.8 Å². The molecule has 0 saturated heterocycles. The normalized spacial score (nSPS) is 12.2. The van der Waals surface area contributed by atoms with Crippen molar-refractivity contribution >= 4 is 11.8 Å². The molecule has 0 bridgehead atoms. The number of nitrogens with two attached hydrogens (primary N) is 2. The Kier molecular flexibility index (Phi) is 18.4. The van der Waals surface area contributed by atoms with Gasteiger partial charge in [0, 0.05) is 0 Å². The molecule has 6 N–H and O–H groups in total. The fraction of sp³-hybridized carbons (Fsp3) is 0.909. The van der Waals surface area contributed by atoms with Gasteiger partial charge in [-0.05, 0) is 12.3 Å². The molecule has 28 heavy (non-hydrogen) atoms. The molecule has 2 amide bonds. The molecule has 0 fully saturated rings. The van der Waals surface area contributed by atoms with Gasteiger partial charge in [-0.1, -0.05) is 110 Å². The number of hydrogen-bond acceptors (Lipinski definition) is 4. The molecule has 0 aliphatic rings. The van der Waals surface area contributed by atoms with E-state index < -0.39 is 17.7 Å². The molecule has 0 aliphatic heterocycles. The van der Waals surface area contributed by atoms with Crippen LogP contribution in [0, 0.1) is 11.8 Å². The van der Waals surface area contributed by atoms with Crippen molar-refractivity contribution < 1.29 is 9.59 Å². The maximum atomic E-state index is 11.6. The standard InChI is InChI=1S/C22H46N4O2/c1-3-5-6-7-8-9-10-11-13-16-19(4-2)17-14-12-15-18-20(21(27)25-23)22(28)26-24/h19-20H,3-18,23-24H2,1-2H3,(H,25,27)(H,26,28). The summed E-state index contributed by atoms with van der Waals surface area (Å²) < 4.78 is 0. The fourth-order valence-corrected chi connectivity index (χ4v) is 3.84. The molecular formula is C22H46N4O2. The van der Waals surface area contributed by atoms with Crippen LogP contribution in [-0.2, 0) is 9.59 Å². The minimum absolute atomic E-state index is 0.472. The van der Waals surface area contributed by atoms with Crippen LogP contribution < -0.4 is 22.5 Å². The average molecular weight is 399 g/mol. The average Bonchev–Trinajstić information content (AvgIpc) is 2.72. The highest BCUT2D eigenvalue weighted by molar-refractivity contribution is 5.99. The summed E-state index contributed by atoms with van der Waals surface area (Å²) in [7, 11) is 0. The molecule has 0 aliphatic carbocycles. The number of carbonyl (C=O) groups is 2. The lowest BCUT2D eigenvalue weighted by molar-refractivity contribution is -0.135. The van der Waals surface area contributed by atoms with E-state index in [1.54, 1.807) is 0 Å². The molecule has 0 rings (SSSR count). The van der Waals surface area contributed by atoms with Crippen molar-refractivity contribution in [3.63, 3.8) is 0 Å². The molecule has 0 saturated carbocycles. The van der Waals surface area contributed by atoms with Crippen molar-refractivity contribution in [2.24, 2.45) is 23.5 Å². The van der Waals surface area contributed by atoms with Crippen molar-refractivity contribution in [1.29, 1.82) is 0 Å². The van der Waals surface area contributed by atoms with Gasteiger partial charge in [0.05, 0.1) is 0 Å². The zero-order chi connectivity index (χ0) is 21.0. The number of hydrazine groups is 2. The molecule has 0 heterocycles. The largest absolute Gasteiger partial charge is 0.294 e. The van der Waals surface area contributed by atoms with Gasteiger partial charge in [-0.3, -0.25) is 20.4 Å². The molecule has 0 spiro atoms. The van der Waals surface area contributed by atoms with Gasteiger partial charge in [0.1, 0.15) is 5.92 Å². The Bertz CT molecular complexity index is 375. The van der Waals surface area contributed by atoms with Gasteiger partial charge in [-0.25, -0.2) is 11.7 Å². The molecule has 6 nitrogen and oxygen atoms in total. The number of unbranched alkanes of at least 4 members (excludes halogenated alkanes) is 10. The second kappa shape index (κ2) is 19.2. The molecule has 1 unspecified atom stereocenters. The zero-order valence-corrected chi connectivity index (χ0v) is 18.4. The summed E-state index contributed by atoms with van der Waals surface area (Å²) in [4.78, 5) is 23.3. The molecule has 1 atom stereocenters. The summed E-state index contributed by atoms with van der Waals surface area (Å²) in [5.41, 5.74) is 4.09. The van der Waals surface area contributed by atoms with Gasteiger partial charge < -0.3 is 0 Å². The van der Waals surface area contributed by atoms with Crippen LogP contribution in [0.1, 0.15) is 117 Å². The van der Waals surface area contributed by atoms with E-state index in [0.717, 1.165) is 25.2 Å². The predicted molar refractivity (Wildman–Crippen MR) is 117 cm³/mol. The molecule has 6 heteroatoms. The van der Waals surface area contributed by atoms with Gasteiger partial charge in [-0.15, -0.1) is 0 Å². The van der Waals surface area contributed by atoms with Crippen molar-refractivity contribution in [2.45, 2.75) is 117 Å². The van der Waals surface area contributed by atoms with E-state index in [-0.39, 0.29) is 0 Å². The van der Waals surface area contributed by atoms with Crippen LogP contribution in [-0.4, -0.2) is 11.8 Å². The Morgan fingerprint density at radius 1 is 0.643 bits per heavy atom. The van der Waals surface area contributed by atoms with Crippen LogP contribution >= 0.6 is 0 Å². The van der Waals surface area contributed by atoms with Crippen LogP contribution in [0.25, 0.3) is 0 Å². The highest BCUT2D eigenvalue weighted by atomic mass is 16.2. The summed E-state index contributed by atoms with van der Waals surface area (Å²) >= 11 is 0. The Morgan fingerprint density at radius 3 is 1.46 bits per heavy atom. The third-order valence-corrected chi connectivity index (χ3v) is 5.82. The topological polar surface area (TPSA) is 110 Å². The first-order valence-electron chi connectivity index (χ1n) is 11.6. The van der Waals surface area contributed by atoms with Crippen molar-refractivity contribution in [3.05, 3.63) is 0 Å². The molecular weight excluding hydrogens is 352 g/mol. The Hall–Kier alpha value is -1.14. The van der Waals surface area contributed by atoms with Crippen LogP contribution in [0.15, 0.2) is 0 Å². The second-order valence-electron chi connectivity index (χ2n) is 8.10. The molecule has 166 valence electrons. The van der Waals surface area contributed by atoms with E-state index in [1.807, 2.05) is 10.9 Å². The van der Waals surface area contributed by atoms with Gasteiger partial charge in [0.15, 0.2) is 0 Å². The second-order valence-corrected chi connectivity index (χ2v) is 8.10. The van der Waals surface area contributed by atoms with Gasteiger partial charge >= 0.3 is 0 Å². The third kappa shape index (κ3) is 13.9. The maximum Gasteiger partial charge on any atom is 0.246 e. The summed E-state index contributed by atoms with van der Waals surface area (Å²) in [5, 5.41) is 0. The lowest BCUT2D eigenvalue weighted by Gasteiger charge is -2.16. The lowest BCUT2D eigenvalue weighted by Crippen LogP contribution is -2.45. The first kappa shape index (κ1) is 26.9. The first-order chi connectivity index (χ1) is 13.6. The van der Waals surface area contributed by atoms with Gasteiger partial charge in [-0.2, -0.15) is 0 Å². The summed E-state index contributed by atoms with van der Waals surface area (Å²) in [6.45, 7) is 4.55. The van der Waals surface area contributed by atoms with E-state index in [0.29, 0.717) is 6.42 Å². The first-order valence-corrected chi connectivity index (χ1v) is 11.6. The van der Waals surface area contributed by atoms with Crippen molar-refractivity contribution in [1.82, 2.24) is 10.9 Å². The molecule has 0 radical (unpaired) electrons. The van der Waals surface area contributed by atoms with Gasteiger partial charge in [0.25, 0.3) is 0 Å². The fourth-order valence-electron chi connectivity index (χ4n) is 3.84. The van der Waals surface area contributed by atoms with Crippen LogP contribution in [0.4, 0.5) is 0 Å². The van der Waals surface area contributed by atoms with E-state index >= 15 is 0 Å². The highest BCUT2D eigenvalue weighted by Gasteiger charge is 2.24. The Balaban J connectivity index is 3.74. The molecule has 0 aromatic carbocycles.